The summed E-state index contributed by atoms with van der Waals surface area (Å²) in [4.78, 5) is 13.0. The van der Waals surface area contributed by atoms with Gasteiger partial charge in [0.1, 0.15) is 5.75 Å². The third kappa shape index (κ3) is 3.04. The minimum atomic E-state index is -0.130. The van der Waals surface area contributed by atoms with Crippen molar-refractivity contribution in [1.82, 2.24) is 0 Å². The van der Waals surface area contributed by atoms with E-state index in [1.54, 1.807) is 0 Å². The summed E-state index contributed by atoms with van der Waals surface area (Å²) in [6.45, 7) is 0.0597. The van der Waals surface area contributed by atoms with Crippen LogP contribution in [-0.4, -0.2) is 12.5 Å². The number of nitrogens with two attached hydrogens (primary N) is 1. The highest BCUT2D eigenvalue weighted by atomic mass is 32.2. The zero-order valence-electron chi connectivity index (χ0n) is 15.0. The number of fused-ring (bicyclic) bond motifs is 2. The van der Waals surface area contributed by atoms with Crippen LogP contribution in [0, 0.1) is 0 Å². The molecule has 2 aliphatic heterocycles. The summed E-state index contributed by atoms with van der Waals surface area (Å²) in [5.41, 5.74) is 12.1. The number of ether oxygens (including phenoxy) is 1. The molecule has 0 fully saturated rings. The number of thioether (sulfide) groups is 1. The first-order chi connectivity index (χ1) is 13.7. The third-order valence-electron chi connectivity index (χ3n) is 4.92. The standard InChI is InChI=1S/C23H18N2O2S/c24-17-6-3-5-16(10-17)23-18(11-15-4-1-2-7-21(15)28-23)14-8-9-20-19(12-14)25-22(26)13-27-20/h1-12,23H,13,24H2,(H,25,26). The summed E-state index contributed by atoms with van der Waals surface area (Å²) < 4.78 is 5.51. The van der Waals surface area contributed by atoms with Gasteiger partial charge in [-0.15, -0.1) is 11.8 Å². The van der Waals surface area contributed by atoms with E-state index in [4.69, 9.17) is 10.5 Å². The Morgan fingerprint density at radius 1 is 1.04 bits per heavy atom. The van der Waals surface area contributed by atoms with Gasteiger partial charge in [0.25, 0.3) is 5.91 Å². The van der Waals surface area contributed by atoms with E-state index in [0.717, 1.165) is 16.8 Å². The zero-order valence-corrected chi connectivity index (χ0v) is 15.8. The van der Waals surface area contributed by atoms with E-state index in [-0.39, 0.29) is 17.8 Å². The molecule has 2 aliphatic rings. The second-order valence-corrected chi connectivity index (χ2v) is 8.00. The van der Waals surface area contributed by atoms with Gasteiger partial charge in [-0.05, 0) is 58.7 Å². The lowest BCUT2D eigenvalue weighted by atomic mass is 9.94. The van der Waals surface area contributed by atoms with Gasteiger partial charge in [0.2, 0.25) is 0 Å². The Hall–Kier alpha value is -3.18. The molecule has 1 atom stereocenters. The number of amides is 1. The summed E-state index contributed by atoms with van der Waals surface area (Å²) >= 11 is 1.82. The Kier molecular flexibility index (Phi) is 4.10. The normalized spacial score (nSPS) is 17.6. The molecule has 0 bridgehead atoms. The molecule has 3 aromatic rings. The minimum Gasteiger partial charge on any atom is -0.482 e. The molecule has 0 aliphatic carbocycles. The molecule has 3 aromatic carbocycles. The van der Waals surface area contributed by atoms with Crippen LogP contribution in [0.2, 0.25) is 0 Å². The Morgan fingerprint density at radius 3 is 2.82 bits per heavy atom. The zero-order chi connectivity index (χ0) is 19.1. The van der Waals surface area contributed by atoms with E-state index in [0.29, 0.717) is 11.4 Å². The largest absolute Gasteiger partial charge is 0.482 e. The molecule has 0 aromatic heterocycles. The van der Waals surface area contributed by atoms with E-state index < -0.39 is 0 Å². The molecule has 28 heavy (non-hydrogen) atoms. The summed E-state index contributed by atoms with van der Waals surface area (Å²) in [7, 11) is 0. The summed E-state index contributed by atoms with van der Waals surface area (Å²) in [6, 6.07) is 22.4. The fraction of sp³-hybridized carbons (Fsp3) is 0.0870. The molecule has 1 amide bonds. The molecule has 1 unspecified atom stereocenters. The Balaban J connectivity index is 1.64. The fourth-order valence-electron chi connectivity index (χ4n) is 3.61. The minimum absolute atomic E-state index is 0.0597. The molecule has 5 heteroatoms. The van der Waals surface area contributed by atoms with Crippen molar-refractivity contribution < 1.29 is 9.53 Å². The van der Waals surface area contributed by atoms with Crippen molar-refractivity contribution in [2.75, 3.05) is 17.7 Å². The first-order valence-electron chi connectivity index (χ1n) is 9.07. The number of anilines is 2. The number of nitrogens with one attached hydrogen (secondary N) is 1. The number of carbonyl (C=O) groups excluding carboxylic acids is 1. The van der Waals surface area contributed by atoms with Crippen molar-refractivity contribution in [3.8, 4) is 5.75 Å². The van der Waals surface area contributed by atoms with Gasteiger partial charge in [-0.3, -0.25) is 4.79 Å². The van der Waals surface area contributed by atoms with Crippen molar-refractivity contribution in [2.45, 2.75) is 10.1 Å². The molecule has 0 saturated carbocycles. The number of nitrogen functional groups attached to an aromatic ring is 1. The van der Waals surface area contributed by atoms with Crippen molar-refractivity contribution in [3.05, 3.63) is 83.4 Å². The molecule has 0 saturated heterocycles. The quantitative estimate of drug-likeness (QED) is 0.609. The van der Waals surface area contributed by atoms with Gasteiger partial charge in [0, 0.05) is 10.6 Å². The smallest absolute Gasteiger partial charge is 0.262 e. The molecular formula is C23H18N2O2S. The van der Waals surface area contributed by atoms with Gasteiger partial charge in [-0.25, -0.2) is 0 Å². The van der Waals surface area contributed by atoms with Crippen LogP contribution in [0.25, 0.3) is 11.6 Å². The number of benzene rings is 3. The molecule has 3 N–H and O–H groups in total. The highest BCUT2D eigenvalue weighted by molar-refractivity contribution is 8.00. The van der Waals surface area contributed by atoms with Gasteiger partial charge in [-0.1, -0.05) is 36.4 Å². The van der Waals surface area contributed by atoms with Gasteiger partial charge >= 0.3 is 0 Å². The maximum absolute atomic E-state index is 11.7. The van der Waals surface area contributed by atoms with Crippen LogP contribution in [0.1, 0.15) is 21.9 Å². The van der Waals surface area contributed by atoms with Gasteiger partial charge in [0.15, 0.2) is 6.61 Å². The van der Waals surface area contributed by atoms with Crippen molar-refractivity contribution in [3.63, 3.8) is 0 Å². The number of rotatable bonds is 2. The molecule has 5 rings (SSSR count). The third-order valence-corrected chi connectivity index (χ3v) is 6.30. The predicted molar refractivity (Wildman–Crippen MR) is 114 cm³/mol. The van der Waals surface area contributed by atoms with Gasteiger partial charge in [-0.2, -0.15) is 0 Å². The second-order valence-electron chi connectivity index (χ2n) is 6.85. The molecule has 138 valence electrons. The van der Waals surface area contributed by atoms with Crippen molar-refractivity contribution >= 4 is 40.7 Å². The topological polar surface area (TPSA) is 64.3 Å². The van der Waals surface area contributed by atoms with Crippen LogP contribution in [0.15, 0.2) is 71.6 Å². The molecule has 0 radical (unpaired) electrons. The molecule has 2 heterocycles. The Morgan fingerprint density at radius 2 is 1.93 bits per heavy atom. The van der Waals surface area contributed by atoms with Gasteiger partial charge < -0.3 is 15.8 Å². The summed E-state index contributed by atoms with van der Waals surface area (Å²) in [6.07, 6.45) is 2.23. The van der Waals surface area contributed by atoms with E-state index in [9.17, 15) is 4.79 Å². The van der Waals surface area contributed by atoms with E-state index >= 15 is 0 Å². The first-order valence-corrected chi connectivity index (χ1v) is 9.95. The monoisotopic (exact) mass is 386 g/mol. The Bertz CT molecular complexity index is 1120. The SMILES string of the molecule is Nc1cccc(C2Sc3ccccc3C=C2c2ccc3c(c2)NC(=O)CO3)c1. The second kappa shape index (κ2) is 6.77. The van der Waals surface area contributed by atoms with Crippen LogP contribution in [0.3, 0.4) is 0 Å². The van der Waals surface area contributed by atoms with Crippen molar-refractivity contribution in [1.29, 1.82) is 0 Å². The summed E-state index contributed by atoms with van der Waals surface area (Å²) in [5, 5.41) is 3.01. The highest BCUT2D eigenvalue weighted by Gasteiger charge is 2.26. The van der Waals surface area contributed by atoms with Crippen LogP contribution in [0.5, 0.6) is 5.75 Å². The number of carbonyl (C=O) groups is 1. The van der Waals surface area contributed by atoms with Gasteiger partial charge in [0.05, 0.1) is 10.9 Å². The average molecular weight is 386 g/mol. The van der Waals surface area contributed by atoms with E-state index in [1.807, 2.05) is 42.1 Å². The maximum atomic E-state index is 11.7. The van der Waals surface area contributed by atoms with E-state index in [2.05, 4.69) is 47.8 Å². The fourth-order valence-corrected chi connectivity index (χ4v) is 4.90. The molecular weight excluding hydrogens is 368 g/mol. The lowest BCUT2D eigenvalue weighted by Gasteiger charge is -2.27. The first kappa shape index (κ1) is 17.0. The lowest BCUT2D eigenvalue weighted by Crippen LogP contribution is -2.25. The number of hydrogen-bond acceptors (Lipinski definition) is 4. The molecule has 0 spiro atoms. The number of hydrogen-bond donors (Lipinski definition) is 2. The van der Waals surface area contributed by atoms with Crippen LogP contribution < -0.4 is 15.8 Å². The average Bonchev–Trinajstić information content (AvgIpc) is 2.72. The van der Waals surface area contributed by atoms with Crippen molar-refractivity contribution in [2.24, 2.45) is 0 Å². The molecule has 4 nitrogen and oxygen atoms in total. The van der Waals surface area contributed by atoms with E-state index in [1.165, 1.54) is 16.0 Å². The Labute approximate surface area is 167 Å². The van der Waals surface area contributed by atoms with Crippen LogP contribution in [-0.2, 0) is 4.79 Å². The lowest BCUT2D eigenvalue weighted by molar-refractivity contribution is -0.118. The summed E-state index contributed by atoms with van der Waals surface area (Å²) in [5.74, 6) is 0.572. The van der Waals surface area contributed by atoms with Crippen LogP contribution >= 0.6 is 11.8 Å². The highest BCUT2D eigenvalue weighted by Crippen LogP contribution is 2.51. The van der Waals surface area contributed by atoms with Crippen LogP contribution in [0.4, 0.5) is 11.4 Å². The predicted octanol–water partition coefficient (Wildman–Crippen LogP) is 4.99. The maximum Gasteiger partial charge on any atom is 0.262 e.